The summed E-state index contributed by atoms with van der Waals surface area (Å²) in [4.78, 5) is 15.5. The highest BCUT2D eigenvalue weighted by Crippen LogP contribution is 2.21. The third kappa shape index (κ3) is 3.59. The normalized spacial score (nSPS) is 11.4. The number of nitrogens with one attached hydrogen (secondary N) is 3. The van der Waals surface area contributed by atoms with Crippen LogP contribution < -0.4 is 11.1 Å². The molecule has 5 rings (SSSR count). The first kappa shape index (κ1) is 18.2. The summed E-state index contributed by atoms with van der Waals surface area (Å²) < 4.78 is 0. The molecule has 6 nitrogen and oxygen atoms in total. The monoisotopic (exact) mass is 396 g/mol. The minimum absolute atomic E-state index is 0.518. The van der Waals surface area contributed by atoms with Crippen LogP contribution in [0.15, 0.2) is 61.1 Å². The molecule has 0 amide bonds. The van der Waals surface area contributed by atoms with Gasteiger partial charge in [-0.3, -0.25) is 0 Å². The second-order valence-electron chi connectivity index (χ2n) is 7.72. The molecule has 0 radical (unpaired) electrons. The van der Waals surface area contributed by atoms with Crippen LogP contribution in [0.4, 0.5) is 11.8 Å². The lowest BCUT2D eigenvalue weighted by Crippen LogP contribution is -2.10. The number of nitrogen functional groups attached to an aromatic ring is 1. The topological polar surface area (TPSA) is 95.4 Å². The summed E-state index contributed by atoms with van der Waals surface area (Å²) in [6, 6.07) is 14.9. The van der Waals surface area contributed by atoms with Crippen molar-refractivity contribution in [2.24, 2.45) is 0 Å². The van der Waals surface area contributed by atoms with Crippen LogP contribution in [0.25, 0.3) is 21.8 Å². The number of H-pyrrole nitrogens is 2. The van der Waals surface area contributed by atoms with Gasteiger partial charge in [-0.1, -0.05) is 17.7 Å². The van der Waals surface area contributed by atoms with Crippen LogP contribution in [0, 0.1) is 6.92 Å². The Morgan fingerprint density at radius 1 is 1.00 bits per heavy atom. The first-order valence-corrected chi connectivity index (χ1v) is 10.1. The minimum Gasteiger partial charge on any atom is -0.383 e. The van der Waals surface area contributed by atoms with Gasteiger partial charge >= 0.3 is 0 Å². The van der Waals surface area contributed by atoms with Gasteiger partial charge in [0.15, 0.2) is 0 Å². The van der Waals surface area contributed by atoms with E-state index in [4.69, 9.17) is 5.73 Å². The molecule has 5 N–H and O–H groups in total. The molecular weight excluding hydrogens is 372 g/mol. The summed E-state index contributed by atoms with van der Waals surface area (Å²) in [6.07, 6.45) is 7.43. The van der Waals surface area contributed by atoms with Gasteiger partial charge in [0.05, 0.1) is 0 Å². The summed E-state index contributed by atoms with van der Waals surface area (Å²) in [5, 5.41) is 5.76. The van der Waals surface area contributed by atoms with Crippen molar-refractivity contribution < 1.29 is 0 Å². The van der Waals surface area contributed by atoms with Crippen LogP contribution in [-0.2, 0) is 12.8 Å². The van der Waals surface area contributed by atoms with Gasteiger partial charge in [0, 0.05) is 53.5 Å². The lowest BCUT2D eigenvalue weighted by atomic mass is 10.1. The largest absolute Gasteiger partial charge is 0.383 e. The zero-order valence-electron chi connectivity index (χ0n) is 16.9. The van der Waals surface area contributed by atoms with Gasteiger partial charge in [0.25, 0.3) is 0 Å². The number of hydrogen-bond donors (Lipinski definition) is 4. The molecule has 3 heterocycles. The molecule has 6 heteroatoms. The van der Waals surface area contributed by atoms with E-state index in [0.29, 0.717) is 18.2 Å². The molecule has 0 atom stereocenters. The smallest absolute Gasteiger partial charge is 0.224 e. The Morgan fingerprint density at radius 2 is 1.90 bits per heavy atom. The van der Waals surface area contributed by atoms with E-state index in [2.05, 4.69) is 80.8 Å². The SMILES string of the molecule is Cc1ccc2[nH]cc(CCNc3ncc(Cc4ccc5[nH]ccc5c4)c(N)n3)c2c1. The zero-order chi connectivity index (χ0) is 20.5. The highest BCUT2D eigenvalue weighted by molar-refractivity contribution is 5.84. The highest BCUT2D eigenvalue weighted by Gasteiger charge is 2.08. The Labute approximate surface area is 174 Å². The predicted octanol–water partition coefficient (Wildman–Crippen LogP) is 4.58. The van der Waals surface area contributed by atoms with Gasteiger partial charge in [-0.05, 0) is 60.2 Å². The summed E-state index contributed by atoms with van der Waals surface area (Å²) in [7, 11) is 0. The first-order chi connectivity index (χ1) is 14.7. The number of aromatic amines is 2. The van der Waals surface area contributed by atoms with Crippen molar-refractivity contribution in [1.82, 2.24) is 19.9 Å². The molecule has 5 aromatic rings. The van der Waals surface area contributed by atoms with E-state index < -0.39 is 0 Å². The van der Waals surface area contributed by atoms with E-state index in [0.717, 1.165) is 24.0 Å². The molecule has 2 aromatic carbocycles. The van der Waals surface area contributed by atoms with Gasteiger partial charge in [-0.2, -0.15) is 4.98 Å². The Balaban J connectivity index is 1.24. The summed E-state index contributed by atoms with van der Waals surface area (Å²) >= 11 is 0. The number of aromatic nitrogens is 4. The van der Waals surface area contributed by atoms with Gasteiger partial charge in [-0.15, -0.1) is 0 Å². The van der Waals surface area contributed by atoms with E-state index in [1.54, 1.807) is 0 Å². The molecule has 0 saturated carbocycles. The average Bonchev–Trinajstić information content (AvgIpc) is 3.36. The third-order valence-corrected chi connectivity index (χ3v) is 5.51. The van der Waals surface area contributed by atoms with Gasteiger partial charge in [0.1, 0.15) is 5.82 Å². The predicted molar refractivity (Wildman–Crippen MR) is 123 cm³/mol. The molecule has 150 valence electrons. The standard InChI is InChI=1S/C24H24N6/c1-15-2-4-22-20(10-15)18(13-28-22)7-9-27-24-29-14-19(23(25)30-24)12-16-3-5-21-17(11-16)6-8-26-21/h2-6,8,10-11,13-14,26,28H,7,9,12H2,1H3,(H3,25,27,29,30). The van der Waals surface area contributed by atoms with Gasteiger partial charge < -0.3 is 21.0 Å². The van der Waals surface area contributed by atoms with Crippen LogP contribution in [0.1, 0.15) is 22.3 Å². The maximum atomic E-state index is 6.22. The van der Waals surface area contributed by atoms with Crippen molar-refractivity contribution in [3.8, 4) is 0 Å². The number of benzene rings is 2. The summed E-state index contributed by atoms with van der Waals surface area (Å²) in [5.74, 6) is 1.08. The van der Waals surface area contributed by atoms with E-state index in [1.807, 2.05) is 12.4 Å². The summed E-state index contributed by atoms with van der Waals surface area (Å²) in [5.41, 5.74) is 13.2. The van der Waals surface area contributed by atoms with Gasteiger partial charge in [0.2, 0.25) is 5.95 Å². The van der Waals surface area contributed by atoms with E-state index in [9.17, 15) is 0 Å². The maximum absolute atomic E-state index is 6.22. The second-order valence-corrected chi connectivity index (χ2v) is 7.72. The number of hydrogen-bond acceptors (Lipinski definition) is 4. The lowest BCUT2D eigenvalue weighted by molar-refractivity contribution is 0.982. The Morgan fingerprint density at radius 3 is 2.80 bits per heavy atom. The maximum Gasteiger partial charge on any atom is 0.224 e. The van der Waals surface area contributed by atoms with Crippen LogP contribution in [0.3, 0.4) is 0 Å². The fraction of sp³-hybridized carbons (Fsp3) is 0.167. The number of nitrogens with two attached hydrogens (primary N) is 1. The van der Waals surface area contributed by atoms with Gasteiger partial charge in [-0.25, -0.2) is 4.98 Å². The number of fused-ring (bicyclic) bond motifs is 2. The van der Waals surface area contributed by atoms with Crippen molar-refractivity contribution in [3.63, 3.8) is 0 Å². The number of anilines is 2. The molecule has 0 aliphatic heterocycles. The molecular formula is C24H24N6. The average molecular weight is 396 g/mol. The third-order valence-electron chi connectivity index (χ3n) is 5.51. The van der Waals surface area contributed by atoms with Crippen LogP contribution >= 0.6 is 0 Å². The van der Waals surface area contributed by atoms with Crippen molar-refractivity contribution in [1.29, 1.82) is 0 Å². The van der Waals surface area contributed by atoms with E-state index >= 15 is 0 Å². The molecule has 30 heavy (non-hydrogen) atoms. The fourth-order valence-corrected chi connectivity index (χ4v) is 3.88. The van der Waals surface area contributed by atoms with Crippen molar-refractivity contribution in [2.45, 2.75) is 19.8 Å². The first-order valence-electron chi connectivity index (χ1n) is 10.1. The van der Waals surface area contributed by atoms with Crippen LogP contribution in [0.5, 0.6) is 0 Å². The fourth-order valence-electron chi connectivity index (χ4n) is 3.88. The Kier molecular flexibility index (Phi) is 4.59. The zero-order valence-corrected chi connectivity index (χ0v) is 16.9. The minimum atomic E-state index is 0.518. The van der Waals surface area contributed by atoms with Crippen molar-refractivity contribution in [2.75, 3.05) is 17.6 Å². The highest BCUT2D eigenvalue weighted by atomic mass is 15.1. The van der Waals surface area contributed by atoms with Crippen LogP contribution in [-0.4, -0.2) is 26.5 Å². The molecule has 0 unspecified atom stereocenters. The number of aryl methyl sites for hydroxylation is 1. The molecule has 0 bridgehead atoms. The van der Waals surface area contributed by atoms with Crippen molar-refractivity contribution >= 4 is 33.6 Å². The Hall–Kier alpha value is -3.80. The Bertz CT molecular complexity index is 1330. The molecule has 3 aromatic heterocycles. The molecule has 0 fully saturated rings. The number of rotatable bonds is 6. The van der Waals surface area contributed by atoms with Crippen molar-refractivity contribution in [3.05, 3.63) is 83.3 Å². The lowest BCUT2D eigenvalue weighted by Gasteiger charge is -2.09. The van der Waals surface area contributed by atoms with E-state index in [-0.39, 0.29) is 0 Å². The quantitative estimate of drug-likeness (QED) is 0.338. The van der Waals surface area contributed by atoms with Crippen LogP contribution in [0.2, 0.25) is 0 Å². The summed E-state index contributed by atoms with van der Waals surface area (Å²) in [6.45, 7) is 2.85. The molecule has 0 saturated heterocycles. The number of nitrogens with zero attached hydrogens (tertiary/aromatic N) is 2. The van der Waals surface area contributed by atoms with E-state index in [1.165, 1.54) is 33.0 Å². The second kappa shape index (κ2) is 7.55. The molecule has 0 aliphatic carbocycles. The molecule has 0 aliphatic rings. The molecule has 0 spiro atoms.